The van der Waals surface area contributed by atoms with Gasteiger partial charge in [0.05, 0.1) is 11.5 Å². The van der Waals surface area contributed by atoms with E-state index in [0.717, 1.165) is 18.2 Å². The van der Waals surface area contributed by atoms with Crippen LogP contribution in [0, 0.1) is 15.9 Å². The van der Waals surface area contributed by atoms with Crippen molar-refractivity contribution in [2.45, 2.75) is 0 Å². The van der Waals surface area contributed by atoms with Crippen molar-refractivity contribution in [3.8, 4) is 0 Å². The number of amides is 2. The SMILES string of the molecule is NC(=O)OCCNC(=O)c1ccc(F)c([N+](=O)[O-])c1. The lowest BCUT2D eigenvalue weighted by molar-refractivity contribution is -0.387. The summed E-state index contributed by atoms with van der Waals surface area (Å²) in [6, 6.07) is 2.75. The van der Waals surface area contributed by atoms with Crippen LogP contribution < -0.4 is 11.1 Å². The van der Waals surface area contributed by atoms with Gasteiger partial charge < -0.3 is 15.8 Å². The molecule has 19 heavy (non-hydrogen) atoms. The number of nitrogens with zero attached hydrogens (tertiary/aromatic N) is 1. The van der Waals surface area contributed by atoms with Gasteiger partial charge in [0.15, 0.2) is 0 Å². The molecular formula is C10H10FN3O5. The molecule has 2 amide bonds. The Morgan fingerprint density at radius 2 is 2.16 bits per heavy atom. The molecular weight excluding hydrogens is 261 g/mol. The quantitative estimate of drug-likeness (QED) is 0.460. The molecule has 0 aromatic heterocycles. The van der Waals surface area contributed by atoms with Crippen molar-refractivity contribution in [2.24, 2.45) is 5.73 Å². The minimum Gasteiger partial charge on any atom is -0.448 e. The van der Waals surface area contributed by atoms with Gasteiger partial charge in [0.2, 0.25) is 5.82 Å². The molecule has 0 aliphatic carbocycles. The number of primary amides is 1. The van der Waals surface area contributed by atoms with E-state index in [4.69, 9.17) is 5.73 Å². The van der Waals surface area contributed by atoms with Crippen LogP contribution in [0.2, 0.25) is 0 Å². The van der Waals surface area contributed by atoms with Crippen LogP contribution in [0.25, 0.3) is 0 Å². The summed E-state index contributed by atoms with van der Waals surface area (Å²) in [6.07, 6.45) is -0.980. The fourth-order valence-corrected chi connectivity index (χ4v) is 1.21. The monoisotopic (exact) mass is 271 g/mol. The number of halogens is 1. The highest BCUT2D eigenvalue weighted by Crippen LogP contribution is 2.18. The zero-order valence-corrected chi connectivity index (χ0v) is 9.59. The summed E-state index contributed by atoms with van der Waals surface area (Å²) in [5.74, 6) is -1.69. The van der Waals surface area contributed by atoms with E-state index in [-0.39, 0.29) is 18.7 Å². The van der Waals surface area contributed by atoms with Crippen LogP contribution in [0.3, 0.4) is 0 Å². The Labute approximate surface area is 106 Å². The molecule has 0 radical (unpaired) electrons. The van der Waals surface area contributed by atoms with Crippen molar-refractivity contribution in [2.75, 3.05) is 13.2 Å². The second-order valence-electron chi connectivity index (χ2n) is 3.35. The summed E-state index contributed by atoms with van der Waals surface area (Å²) in [7, 11) is 0. The lowest BCUT2D eigenvalue weighted by Crippen LogP contribution is -2.29. The Hall–Kier alpha value is -2.71. The Morgan fingerprint density at radius 1 is 1.47 bits per heavy atom. The summed E-state index contributed by atoms with van der Waals surface area (Å²) >= 11 is 0. The Bertz CT molecular complexity index is 520. The number of hydrogen-bond acceptors (Lipinski definition) is 5. The lowest BCUT2D eigenvalue weighted by atomic mass is 10.2. The normalized spacial score (nSPS) is 9.74. The average molecular weight is 271 g/mol. The number of nitrogens with two attached hydrogens (primary N) is 1. The van der Waals surface area contributed by atoms with Gasteiger partial charge in [-0.2, -0.15) is 4.39 Å². The average Bonchev–Trinajstić information content (AvgIpc) is 2.34. The van der Waals surface area contributed by atoms with Gasteiger partial charge in [-0.25, -0.2) is 4.79 Å². The summed E-state index contributed by atoms with van der Waals surface area (Å²) in [5, 5.41) is 12.8. The number of nitro benzene ring substituents is 1. The molecule has 3 N–H and O–H groups in total. The number of ether oxygens (including phenoxy) is 1. The van der Waals surface area contributed by atoms with Crippen LogP contribution in [0.5, 0.6) is 0 Å². The molecule has 0 fully saturated rings. The number of carbonyl (C=O) groups excluding carboxylic acids is 2. The van der Waals surface area contributed by atoms with Crippen LogP contribution in [-0.2, 0) is 4.74 Å². The highest BCUT2D eigenvalue weighted by Gasteiger charge is 2.17. The molecule has 0 heterocycles. The maximum Gasteiger partial charge on any atom is 0.404 e. The van der Waals surface area contributed by atoms with Crippen molar-refractivity contribution in [1.29, 1.82) is 0 Å². The third kappa shape index (κ3) is 4.22. The maximum atomic E-state index is 13.0. The number of hydrogen-bond donors (Lipinski definition) is 2. The molecule has 0 unspecified atom stereocenters. The first-order valence-corrected chi connectivity index (χ1v) is 5.06. The van der Waals surface area contributed by atoms with Crippen molar-refractivity contribution in [1.82, 2.24) is 5.32 Å². The van der Waals surface area contributed by atoms with Crippen molar-refractivity contribution in [3.05, 3.63) is 39.7 Å². The van der Waals surface area contributed by atoms with Gasteiger partial charge in [-0.15, -0.1) is 0 Å². The predicted molar refractivity (Wildman–Crippen MR) is 60.9 cm³/mol. The van der Waals surface area contributed by atoms with Gasteiger partial charge in [0.1, 0.15) is 6.61 Å². The molecule has 0 saturated heterocycles. The summed E-state index contributed by atoms with van der Waals surface area (Å²) in [6.45, 7) is -0.155. The van der Waals surface area contributed by atoms with Crippen LogP contribution in [0.4, 0.5) is 14.9 Å². The largest absolute Gasteiger partial charge is 0.448 e. The van der Waals surface area contributed by atoms with Gasteiger partial charge in [-0.3, -0.25) is 14.9 Å². The molecule has 1 aromatic rings. The third-order valence-electron chi connectivity index (χ3n) is 2.04. The Morgan fingerprint density at radius 3 is 2.74 bits per heavy atom. The number of carbonyl (C=O) groups is 2. The fraction of sp³-hybridized carbons (Fsp3) is 0.200. The first kappa shape index (κ1) is 14.4. The van der Waals surface area contributed by atoms with E-state index in [2.05, 4.69) is 10.1 Å². The first-order valence-electron chi connectivity index (χ1n) is 5.06. The minimum absolute atomic E-state index is 0.0209. The second kappa shape index (κ2) is 6.28. The molecule has 8 nitrogen and oxygen atoms in total. The number of nitro groups is 1. The Balaban J connectivity index is 2.65. The molecule has 0 aliphatic rings. The standard InChI is InChI=1S/C10H10FN3O5/c11-7-2-1-6(5-8(7)14(17)18)9(15)13-3-4-19-10(12)16/h1-2,5H,3-4H2,(H2,12,16)(H,13,15). The maximum absolute atomic E-state index is 13.0. The number of benzene rings is 1. The molecule has 1 rings (SSSR count). The summed E-state index contributed by atoms with van der Waals surface area (Å²) in [4.78, 5) is 31.4. The molecule has 0 atom stereocenters. The highest BCUT2D eigenvalue weighted by molar-refractivity contribution is 5.94. The molecule has 102 valence electrons. The van der Waals surface area contributed by atoms with Gasteiger partial charge >= 0.3 is 11.8 Å². The predicted octanol–water partition coefficient (Wildman–Crippen LogP) is 0.559. The summed E-state index contributed by atoms with van der Waals surface area (Å²) < 4.78 is 17.4. The molecule has 0 aliphatic heterocycles. The van der Waals surface area contributed by atoms with Crippen LogP contribution in [0.15, 0.2) is 18.2 Å². The zero-order chi connectivity index (χ0) is 14.4. The van der Waals surface area contributed by atoms with Gasteiger partial charge in [-0.05, 0) is 12.1 Å². The van der Waals surface area contributed by atoms with Gasteiger partial charge in [0, 0.05) is 11.6 Å². The van der Waals surface area contributed by atoms with Gasteiger partial charge in [0.25, 0.3) is 5.91 Å². The first-order chi connectivity index (χ1) is 8.91. The van der Waals surface area contributed by atoms with E-state index in [1.54, 1.807) is 0 Å². The van der Waals surface area contributed by atoms with E-state index in [9.17, 15) is 24.1 Å². The number of rotatable bonds is 5. The third-order valence-corrected chi connectivity index (χ3v) is 2.04. The van der Waals surface area contributed by atoms with Crippen LogP contribution in [-0.4, -0.2) is 30.1 Å². The topological polar surface area (TPSA) is 125 Å². The van der Waals surface area contributed by atoms with E-state index < -0.39 is 28.4 Å². The molecule has 0 saturated carbocycles. The van der Waals surface area contributed by atoms with E-state index in [1.165, 1.54) is 0 Å². The molecule has 0 bridgehead atoms. The van der Waals surface area contributed by atoms with Crippen molar-refractivity contribution < 1.29 is 23.6 Å². The molecule has 9 heteroatoms. The lowest BCUT2D eigenvalue weighted by Gasteiger charge is -2.05. The van der Waals surface area contributed by atoms with E-state index in [1.807, 2.05) is 0 Å². The van der Waals surface area contributed by atoms with Crippen LogP contribution >= 0.6 is 0 Å². The second-order valence-corrected chi connectivity index (χ2v) is 3.35. The van der Waals surface area contributed by atoms with E-state index >= 15 is 0 Å². The van der Waals surface area contributed by atoms with Crippen molar-refractivity contribution in [3.63, 3.8) is 0 Å². The smallest absolute Gasteiger partial charge is 0.404 e. The summed E-state index contributed by atoms with van der Waals surface area (Å²) in [5.41, 5.74) is 3.83. The highest BCUT2D eigenvalue weighted by atomic mass is 19.1. The zero-order valence-electron chi connectivity index (χ0n) is 9.59. The number of nitrogens with one attached hydrogen (secondary N) is 1. The molecule has 0 spiro atoms. The van der Waals surface area contributed by atoms with Gasteiger partial charge in [-0.1, -0.05) is 0 Å². The van der Waals surface area contributed by atoms with E-state index in [0.29, 0.717) is 0 Å². The Kier molecular flexibility index (Phi) is 4.75. The van der Waals surface area contributed by atoms with Crippen molar-refractivity contribution >= 4 is 17.7 Å². The molecule has 1 aromatic carbocycles. The fourth-order valence-electron chi connectivity index (χ4n) is 1.21. The van der Waals surface area contributed by atoms with Crippen LogP contribution in [0.1, 0.15) is 10.4 Å². The minimum atomic E-state index is -1.03.